The Morgan fingerprint density at radius 1 is 0.885 bits per heavy atom. The number of nitrogen functional groups attached to an aromatic ring is 1. The zero-order chi connectivity index (χ0) is 18.8. The predicted octanol–water partition coefficient (Wildman–Crippen LogP) is 4.32. The minimum Gasteiger partial charge on any atom is -0.508 e. The van der Waals surface area contributed by atoms with Crippen molar-refractivity contribution in [3.8, 4) is 17.2 Å². The maximum Gasteiger partial charge on any atom is 0.142 e. The molecule has 0 heterocycles. The Kier molecular flexibility index (Phi) is 4.86. The van der Waals surface area contributed by atoms with Crippen molar-refractivity contribution < 1.29 is 15.3 Å². The van der Waals surface area contributed by atoms with E-state index in [1.807, 2.05) is 13.0 Å². The first-order valence-corrected chi connectivity index (χ1v) is 8.47. The molecular formula is C20H20N2O3S. The molecule has 0 saturated carbocycles. The highest BCUT2D eigenvalue weighted by molar-refractivity contribution is 7.80. The van der Waals surface area contributed by atoms with Crippen molar-refractivity contribution in [2.75, 3.05) is 11.1 Å². The molecule has 0 saturated heterocycles. The van der Waals surface area contributed by atoms with Crippen molar-refractivity contribution in [2.45, 2.75) is 18.2 Å². The third kappa shape index (κ3) is 3.81. The van der Waals surface area contributed by atoms with Crippen LogP contribution in [-0.2, 0) is 6.42 Å². The van der Waals surface area contributed by atoms with E-state index in [0.29, 0.717) is 34.6 Å². The molecule has 3 aromatic carbocycles. The number of aryl methyl sites for hydroxylation is 1. The summed E-state index contributed by atoms with van der Waals surface area (Å²) in [5, 5.41) is 33.7. The molecule has 26 heavy (non-hydrogen) atoms. The zero-order valence-electron chi connectivity index (χ0n) is 14.2. The standard InChI is InChI=1S/C20H20N2O3S/c1-11-6-13(8-12-9-15(26)3-5-18(12)23)20(25)17(7-11)22-16-10-14(21)2-4-19(16)24/h2-7,9-10,22-26H,8,21H2,1H3. The highest BCUT2D eigenvalue weighted by Crippen LogP contribution is 2.37. The molecule has 0 atom stereocenters. The monoisotopic (exact) mass is 368 g/mol. The maximum atomic E-state index is 10.7. The third-order valence-corrected chi connectivity index (χ3v) is 4.35. The Morgan fingerprint density at radius 2 is 1.62 bits per heavy atom. The molecule has 0 bridgehead atoms. The minimum absolute atomic E-state index is 0.0297. The Morgan fingerprint density at radius 3 is 2.38 bits per heavy atom. The summed E-state index contributed by atoms with van der Waals surface area (Å²) in [5.74, 6) is 0.218. The largest absolute Gasteiger partial charge is 0.508 e. The number of anilines is 3. The number of hydrogen-bond acceptors (Lipinski definition) is 6. The second-order valence-electron chi connectivity index (χ2n) is 6.21. The number of phenols is 3. The molecule has 3 aromatic rings. The average molecular weight is 368 g/mol. The third-order valence-electron chi connectivity index (χ3n) is 4.07. The van der Waals surface area contributed by atoms with Gasteiger partial charge in [0.25, 0.3) is 0 Å². The lowest BCUT2D eigenvalue weighted by Gasteiger charge is -2.15. The predicted molar refractivity (Wildman–Crippen MR) is 107 cm³/mol. The molecule has 0 amide bonds. The topological polar surface area (TPSA) is 98.7 Å². The lowest BCUT2D eigenvalue weighted by molar-refractivity contribution is 0.463. The summed E-state index contributed by atoms with van der Waals surface area (Å²) < 4.78 is 0. The molecule has 0 radical (unpaired) electrons. The van der Waals surface area contributed by atoms with Gasteiger partial charge in [0.2, 0.25) is 0 Å². The number of hydrogen-bond donors (Lipinski definition) is 6. The van der Waals surface area contributed by atoms with Crippen molar-refractivity contribution in [3.05, 3.63) is 65.2 Å². The van der Waals surface area contributed by atoms with Crippen LogP contribution in [0.3, 0.4) is 0 Å². The smallest absolute Gasteiger partial charge is 0.142 e. The van der Waals surface area contributed by atoms with Crippen LogP contribution in [0.15, 0.2) is 53.4 Å². The second kappa shape index (κ2) is 7.09. The van der Waals surface area contributed by atoms with Gasteiger partial charge < -0.3 is 26.4 Å². The maximum absolute atomic E-state index is 10.7. The summed E-state index contributed by atoms with van der Waals surface area (Å²) in [6, 6.07) is 13.3. The van der Waals surface area contributed by atoms with E-state index in [4.69, 9.17) is 5.73 Å². The van der Waals surface area contributed by atoms with Gasteiger partial charge in [-0.15, -0.1) is 12.6 Å². The van der Waals surface area contributed by atoms with E-state index in [0.717, 1.165) is 10.5 Å². The van der Waals surface area contributed by atoms with Gasteiger partial charge in [0, 0.05) is 22.6 Å². The second-order valence-corrected chi connectivity index (χ2v) is 6.73. The number of benzene rings is 3. The van der Waals surface area contributed by atoms with Gasteiger partial charge in [-0.3, -0.25) is 0 Å². The molecule has 3 rings (SSSR count). The van der Waals surface area contributed by atoms with Gasteiger partial charge in [-0.2, -0.15) is 0 Å². The molecule has 5 nitrogen and oxygen atoms in total. The Labute approximate surface area is 157 Å². The van der Waals surface area contributed by atoms with E-state index in [1.54, 1.807) is 36.4 Å². The van der Waals surface area contributed by atoms with Crippen molar-refractivity contribution in [1.29, 1.82) is 0 Å². The molecule has 134 valence electrons. The molecule has 0 spiro atoms. The molecule has 6 heteroatoms. The molecule has 6 N–H and O–H groups in total. The van der Waals surface area contributed by atoms with E-state index in [2.05, 4.69) is 17.9 Å². The van der Waals surface area contributed by atoms with Gasteiger partial charge in [0.1, 0.15) is 17.2 Å². The Balaban J connectivity index is 1.98. The fraction of sp³-hybridized carbons (Fsp3) is 0.100. The summed E-state index contributed by atoms with van der Waals surface area (Å²) in [7, 11) is 0. The van der Waals surface area contributed by atoms with Gasteiger partial charge in [0.05, 0.1) is 11.4 Å². The summed E-state index contributed by atoms with van der Waals surface area (Å²) >= 11 is 4.30. The first-order chi connectivity index (χ1) is 12.3. The van der Waals surface area contributed by atoms with E-state index in [-0.39, 0.29) is 17.2 Å². The Bertz CT molecular complexity index is 899. The van der Waals surface area contributed by atoms with Crippen LogP contribution in [0, 0.1) is 6.92 Å². The summed E-state index contributed by atoms with van der Waals surface area (Å²) in [4.78, 5) is 0.730. The number of nitrogens with two attached hydrogens (primary N) is 1. The molecule has 0 aliphatic heterocycles. The van der Waals surface area contributed by atoms with Crippen LogP contribution in [-0.4, -0.2) is 15.3 Å². The molecular weight excluding hydrogens is 348 g/mol. The van der Waals surface area contributed by atoms with E-state index in [1.165, 1.54) is 6.07 Å². The summed E-state index contributed by atoms with van der Waals surface area (Å²) in [5.41, 5.74) is 9.33. The SMILES string of the molecule is Cc1cc(Cc2cc(S)ccc2O)c(O)c(Nc2cc(N)ccc2O)c1. The number of thiol groups is 1. The fourth-order valence-electron chi connectivity index (χ4n) is 2.80. The van der Waals surface area contributed by atoms with Crippen molar-refractivity contribution in [1.82, 2.24) is 0 Å². The van der Waals surface area contributed by atoms with E-state index in [9.17, 15) is 15.3 Å². The quantitative estimate of drug-likeness (QED) is 0.178. The van der Waals surface area contributed by atoms with Crippen molar-refractivity contribution >= 4 is 29.7 Å². The van der Waals surface area contributed by atoms with Gasteiger partial charge in [-0.25, -0.2) is 0 Å². The van der Waals surface area contributed by atoms with Crippen molar-refractivity contribution in [2.24, 2.45) is 0 Å². The van der Waals surface area contributed by atoms with Crippen LogP contribution in [0.2, 0.25) is 0 Å². The van der Waals surface area contributed by atoms with Gasteiger partial charge in [-0.1, -0.05) is 6.07 Å². The zero-order valence-corrected chi connectivity index (χ0v) is 15.1. The van der Waals surface area contributed by atoms with E-state index < -0.39 is 0 Å². The average Bonchev–Trinajstić information content (AvgIpc) is 2.58. The number of nitrogens with one attached hydrogen (secondary N) is 1. The normalized spacial score (nSPS) is 10.7. The van der Waals surface area contributed by atoms with Crippen LogP contribution >= 0.6 is 12.6 Å². The molecule has 0 unspecified atom stereocenters. The first kappa shape index (κ1) is 17.8. The lowest BCUT2D eigenvalue weighted by atomic mass is 10.00. The van der Waals surface area contributed by atoms with Gasteiger partial charge >= 0.3 is 0 Å². The fourth-order valence-corrected chi connectivity index (χ4v) is 3.03. The van der Waals surface area contributed by atoms with Gasteiger partial charge in [-0.05, 0) is 60.5 Å². The van der Waals surface area contributed by atoms with Crippen LogP contribution in [0.4, 0.5) is 17.1 Å². The summed E-state index contributed by atoms with van der Waals surface area (Å²) in [6.45, 7) is 1.90. The molecule has 0 aromatic heterocycles. The van der Waals surface area contributed by atoms with Crippen LogP contribution in [0.5, 0.6) is 17.2 Å². The minimum atomic E-state index is 0.0297. The number of aromatic hydroxyl groups is 3. The molecule has 0 aliphatic rings. The van der Waals surface area contributed by atoms with Crippen LogP contribution in [0.1, 0.15) is 16.7 Å². The van der Waals surface area contributed by atoms with Crippen LogP contribution < -0.4 is 11.1 Å². The van der Waals surface area contributed by atoms with Crippen LogP contribution in [0.25, 0.3) is 0 Å². The number of phenolic OH excluding ortho intramolecular Hbond substituents is 3. The highest BCUT2D eigenvalue weighted by atomic mass is 32.1. The molecule has 0 aliphatic carbocycles. The highest BCUT2D eigenvalue weighted by Gasteiger charge is 2.13. The lowest BCUT2D eigenvalue weighted by Crippen LogP contribution is -1.98. The molecule has 0 fully saturated rings. The van der Waals surface area contributed by atoms with E-state index >= 15 is 0 Å². The summed E-state index contributed by atoms with van der Waals surface area (Å²) in [6.07, 6.45) is 0.339. The van der Waals surface area contributed by atoms with Crippen molar-refractivity contribution in [3.63, 3.8) is 0 Å². The number of rotatable bonds is 4. The van der Waals surface area contributed by atoms with Gasteiger partial charge in [0.15, 0.2) is 0 Å². The first-order valence-electron chi connectivity index (χ1n) is 8.02. The Hall–Kier alpha value is -2.99.